The lowest BCUT2D eigenvalue weighted by Gasteiger charge is -1.97. The first-order valence-electron chi connectivity index (χ1n) is 3.38. The molecule has 0 aromatic rings. The zero-order valence-corrected chi connectivity index (χ0v) is 5.48. The molecule has 0 aliphatic heterocycles. The summed E-state index contributed by atoms with van der Waals surface area (Å²) in [7, 11) is 0. The van der Waals surface area contributed by atoms with Crippen LogP contribution in [0.1, 0.15) is 32.6 Å². The van der Waals surface area contributed by atoms with Crippen molar-refractivity contribution in [3.8, 4) is 0 Å². The van der Waals surface area contributed by atoms with E-state index in [0.29, 0.717) is 0 Å². The van der Waals surface area contributed by atoms with Crippen LogP contribution in [0.5, 0.6) is 0 Å². The van der Waals surface area contributed by atoms with Crippen LogP contribution < -0.4 is 0 Å². The summed E-state index contributed by atoms with van der Waals surface area (Å²) < 4.78 is 0. The second-order valence-corrected chi connectivity index (χ2v) is 2.49. The van der Waals surface area contributed by atoms with E-state index < -0.39 is 0 Å². The van der Waals surface area contributed by atoms with E-state index in [-0.39, 0.29) is 0 Å². The minimum absolute atomic E-state index is 1.29. The molecular weight excluding hydrogens is 96.1 g/mol. The minimum Gasteiger partial charge on any atom is -0.0880 e. The Hall–Kier alpha value is -0.260. The molecule has 0 saturated carbocycles. The number of rotatable bonds is 0. The van der Waals surface area contributed by atoms with E-state index in [1.807, 2.05) is 0 Å². The summed E-state index contributed by atoms with van der Waals surface area (Å²) in [5.74, 6) is 1.54. The Morgan fingerprint density at radius 2 is 2.25 bits per heavy atom. The van der Waals surface area contributed by atoms with Gasteiger partial charge in [0.2, 0.25) is 0 Å². The van der Waals surface area contributed by atoms with Crippen molar-refractivity contribution in [3.63, 3.8) is 0 Å². The summed E-state index contributed by atoms with van der Waals surface area (Å²) in [6, 6.07) is 0. The molecule has 0 saturated heterocycles. The van der Waals surface area contributed by atoms with E-state index >= 15 is 0 Å². The van der Waals surface area contributed by atoms with Crippen LogP contribution in [0.2, 0.25) is 0 Å². The molecule has 0 aromatic carbocycles. The molecule has 0 nitrogen and oxygen atoms in total. The number of hydrogen-bond donors (Lipinski definition) is 0. The fourth-order valence-electron chi connectivity index (χ4n) is 1.03. The molecule has 8 heavy (non-hydrogen) atoms. The molecule has 0 fully saturated rings. The van der Waals surface area contributed by atoms with Crippen molar-refractivity contribution in [1.29, 1.82) is 0 Å². The van der Waals surface area contributed by atoms with Crippen molar-refractivity contribution >= 4 is 0 Å². The third kappa shape index (κ3) is 1.69. The molecule has 0 spiro atoms. The third-order valence-corrected chi connectivity index (χ3v) is 1.59. The van der Waals surface area contributed by atoms with Gasteiger partial charge >= 0.3 is 0 Å². The monoisotopic (exact) mass is 109 g/mol. The normalized spacial score (nSPS) is 23.1. The largest absolute Gasteiger partial charge is 0.0880 e. The van der Waals surface area contributed by atoms with Crippen molar-refractivity contribution in [2.45, 2.75) is 32.6 Å². The second-order valence-electron chi connectivity index (χ2n) is 2.49. The van der Waals surface area contributed by atoms with Gasteiger partial charge in [0.05, 0.1) is 0 Å². The Bertz CT molecular complexity index is 82.0. The Balaban J connectivity index is 2.33. The van der Waals surface area contributed by atoms with E-state index in [0.717, 1.165) is 0 Å². The minimum atomic E-state index is 1.29. The molecule has 0 N–H and O–H groups in total. The molecule has 0 heteroatoms. The van der Waals surface area contributed by atoms with Crippen molar-refractivity contribution in [3.05, 3.63) is 18.1 Å². The van der Waals surface area contributed by atoms with Crippen LogP contribution >= 0.6 is 0 Å². The molecule has 1 radical (unpaired) electrons. The van der Waals surface area contributed by atoms with Gasteiger partial charge in [0.25, 0.3) is 0 Å². The van der Waals surface area contributed by atoms with Crippen LogP contribution in [0.3, 0.4) is 0 Å². The molecule has 0 amide bonds. The highest BCUT2D eigenvalue weighted by molar-refractivity contribution is 5.08. The standard InChI is InChI=1S/C8H13/c1-8-6-4-2-3-5-7-8/h4,6H,2-3,5,7H2,1H3. The van der Waals surface area contributed by atoms with Crippen LogP contribution in [0.4, 0.5) is 0 Å². The average Bonchev–Trinajstić information content (AvgIpc) is 1.94. The zero-order valence-electron chi connectivity index (χ0n) is 5.48. The van der Waals surface area contributed by atoms with Gasteiger partial charge in [0, 0.05) is 0 Å². The molecule has 0 unspecified atom stereocenters. The summed E-state index contributed by atoms with van der Waals surface area (Å²) in [6.07, 6.45) is 9.91. The first-order chi connectivity index (χ1) is 3.89. The van der Waals surface area contributed by atoms with Gasteiger partial charge in [-0.2, -0.15) is 0 Å². The molecule has 0 heterocycles. The first kappa shape index (κ1) is 5.87. The van der Waals surface area contributed by atoms with E-state index in [4.69, 9.17) is 0 Å². The molecule has 0 bridgehead atoms. The third-order valence-electron chi connectivity index (χ3n) is 1.59. The predicted octanol–water partition coefficient (Wildman–Crippen LogP) is 2.71. The maximum absolute atomic E-state index is 2.28. The van der Waals surface area contributed by atoms with E-state index in [2.05, 4.69) is 19.1 Å². The van der Waals surface area contributed by atoms with Gasteiger partial charge in [-0.1, -0.05) is 25.5 Å². The van der Waals surface area contributed by atoms with Gasteiger partial charge < -0.3 is 0 Å². The first-order valence-corrected chi connectivity index (χ1v) is 3.38. The van der Waals surface area contributed by atoms with Crippen molar-refractivity contribution in [1.82, 2.24) is 0 Å². The van der Waals surface area contributed by atoms with Crippen LogP contribution in [0.25, 0.3) is 0 Å². The van der Waals surface area contributed by atoms with Crippen LogP contribution in [0.15, 0.2) is 12.2 Å². The summed E-state index contributed by atoms with van der Waals surface area (Å²) in [5, 5.41) is 0. The topological polar surface area (TPSA) is 0 Å². The van der Waals surface area contributed by atoms with E-state index in [1.54, 1.807) is 5.92 Å². The summed E-state index contributed by atoms with van der Waals surface area (Å²) in [6.45, 7) is 2.21. The van der Waals surface area contributed by atoms with Crippen LogP contribution in [-0.2, 0) is 0 Å². The van der Waals surface area contributed by atoms with Gasteiger partial charge in [0.1, 0.15) is 0 Å². The Kier molecular flexibility index (Phi) is 2.13. The second kappa shape index (κ2) is 2.91. The molecule has 45 valence electrons. The summed E-state index contributed by atoms with van der Waals surface area (Å²) >= 11 is 0. The molecule has 1 aliphatic carbocycles. The molecule has 1 aliphatic rings. The number of hydrogen-bond acceptors (Lipinski definition) is 0. The Labute approximate surface area is 51.6 Å². The Morgan fingerprint density at radius 3 is 3.12 bits per heavy atom. The van der Waals surface area contributed by atoms with E-state index in [9.17, 15) is 0 Å². The smallest absolute Gasteiger partial charge is 0.00583 e. The lowest BCUT2D eigenvalue weighted by molar-refractivity contribution is 0.734. The summed E-state index contributed by atoms with van der Waals surface area (Å²) in [5.41, 5.74) is 0. The Morgan fingerprint density at radius 1 is 1.38 bits per heavy atom. The lowest BCUT2D eigenvalue weighted by atomic mass is 10.1. The number of allylic oxidation sites excluding steroid dienone is 2. The SMILES string of the molecule is C[C]1C=CCCCC1. The van der Waals surface area contributed by atoms with Gasteiger partial charge in [-0.25, -0.2) is 0 Å². The van der Waals surface area contributed by atoms with Crippen LogP contribution in [-0.4, -0.2) is 0 Å². The van der Waals surface area contributed by atoms with Gasteiger partial charge in [-0.3, -0.25) is 0 Å². The highest BCUT2D eigenvalue weighted by atomic mass is 14.0. The quantitative estimate of drug-likeness (QED) is 0.448. The maximum atomic E-state index is 2.28. The van der Waals surface area contributed by atoms with E-state index in [1.165, 1.54) is 25.7 Å². The van der Waals surface area contributed by atoms with Gasteiger partial charge in [0.15, 0.2) is 0 Å². The molecular formula is C8H13. The fraction of sp³-hybridized carbons (Fsp3) is 0.625. The predicted molar refractivity (Wildman–Crippen MR) is 36.5 cm³/mol. The maximum Gasteiger partial charge on any atom is -0.00583 e. The van der Waals surface area contributed by atoms with Crippen LogP contribution in [0, 0.1) is 5.92 Å². The summed E-state index contributed by atoms with van der Waals surface area (Å²) in [4.78, 5) is 0. The molecule has 0 atom stereocenters. The lowest BCUT2D eigenvalue weighted by Crippen LogP contribution is -1.81. The van der Waals surface area contributed by atoms with Gasteiger partial charge in [-0.15, -0.1) is 0 Å². The molecule has 0 aromatic heterocycles. The highest BCUT2D eigenvalue weighted by Gasteiger charge is 1.99. The van der Waals surface area contributed by atoms with Gasteiger partial charge in [-0.05, 0) is 25.2 Å². The molecule has 1 rings (SSSR count). The van der Waals surface area contributed by atoms with Crippen molar-refractivity contribution in [2.24, 2.45) is 0 Å². The fourth-order valence-corrected chi connectivity index (χ4v) is 1.03. The van der Waals surface area contributed by atoms with Crippen molar-refractivity contribution < 1.29 is 0 Å². The highest BCUT2D eigenvalue weighted by Crippen LogP contribution is 2.16. The average molecular weight is 109 g/mol. The van der Waals surface area contributed by atoms with Crippen molar-refractivity contribution in [2.75, 3.05) is 0 Å². The zero-order chi connectivity index (χ0) is 5.82.